The maximum Gasteiger partial charge on any atom is 0.0459 e. The van der Waals surface area contributed by atoms with Crippen LogP contribution in [0.5, 0.6) is 0 Å². The van der Waals surface area contributed by atoms with Crippen LogP contribution in [0.3, 0.4) is 0 Å². The molecule has 0 aromatic rings. The molecule has 0 saturated carbocycles. The number of nitrogens with zero attached hydrogens (tertiary/aromatic N) is 1. The van der Waals surface area contributed by atoms with Gasteiger partial charge in [0, 0.05) is 25.7 Å². The van der Waals surface area contributed by atoms with Gasteiger partial charge in [-0.05, 0) is 38.5 Å². The fourth-order valence-electron chi connectivity index (χ4n) is 2.11. The van der Waals surface area contributed by atoms with Gasteiger partial charge in [0.25, 0.3) is 0 Å². The Morgan fingerprint density at radius 3 is 2.43 bits per heavy atom. The third kappa shape index (κ3) is 3.25. The summed E-state index contributed by atoms with van der Waals surface area (Å²) < 4.78 is 0. The molecule has 1 rings (SSSR count). The lowest BCUT2D eigenvalue weighted by molar-refractivity contribution is 0.0561. The van der Waals surface area contributed by atoms with Crippen LogP contribution in [0.4, 0.5) is 0 Å². The zero-order chi connectivity index (χ0) is 10.6. The summed E-state index contributed by atoms with van der Waals surface area (Å²) >= 11 is 0. The zero-order valence-corrected chi connectivity index (χ0v) is 9.87. The van der Waals surface area contributed by atoms with Crippen LogP contribution < -0.4 is 0 Å². The van der Waals surface area contributed by atoms with Crippen molar-refractivity contribution in [2.75, 3.05) is 19.7 Å². The second-order valence-corrected chi connectivity index (χ2v) is 4.95. The largest absolute Gasteiger partial charge is 0.396 e. The Hall–Kier alpha value is -0.0800. The molecule has 0 aliphatic carbocycles. The summed E-state index contributed by atoms with van der Waals surface area (Å²) in [5, 5.41) is 9.06. The van der Waals surface area contributed by atoms with Gasteiger partial charge >= 0.3 is 0 Å². The highest BCUT2D eigenvalue weighted by atomic mass is 16.3. The number of likely N-dealkylation sites (tertiary alicyclic amines) is 1. The van der Waals surface area contributed by atoms with Crippen molar-refractivity contribution in [3.63, 3.8) is 0 Å². The second kappa shape index (κ2) is 5.72. The molecule has 1 atom stereocenters. The molecule has 1 aliphatic heterocycles. The average Bonchev–Trinajstić information content (AvgIpc) is 2.08. The Labute approximate surface area is 88.3 Å². The molecule has 0 bridgehead atoms. The van der Waals surface area contributed by atoms with E-state index >= 15 is 0 Å². The molecule has 2 nitrogen and oxygen atoms in total. The van der Waals surface area contributed by atoms with Gasteiger partial charge in [-0.2, -0.15) is 0 Å². The van der Waals surface area contributed by atoms with Crippen LogP contribution in [0.1, 0.15) is 40.0 Å². The molecule has 1 saturated heterocycles. The van der Waals surface area contributed by atoms with Crippen molar-refractivity contribution < 1.29 is 5.11 Å². The number of hydrogen-bond donors (Lipinski definition) is 1. The van der Waals surface area contributed by atoms with E-state index in [1.54, 1.807) is 0 Å². The maximum absolute atomic E-state index is 9.06. The van der Waals surface area contributed by atoms with E-state index < -0.39 is 0 Å². The van der Waals surface area contributed by atoms with Gasteiger partial charge in [-0.15, -0.1) is 0 Å². The Morgan fingerprint density at radius 2 is 2.00 bits per heavy atom. The smallest absolute Gasteiger partial charge is 0.0459 e. The normalized spacial score (nSPS) is 21.2. The van der Waals surface area contributed by atoms with E-state index in [1.165, 1.54) is 25.9 Å². The van der Waals surface area contributed by atoms with Gasteiger partial charge in [-0.1, -0.05) is 13.3 Å². The molecular formula is C12H25NO. The Kier molecular flexibility index (Phi) is 4.90. The summed E-state index contributed by atoms with van der Waals surface area (Å²) in [4.78, 5) is 2.52. The summed E-state index contributed by atoms with van der Waals surface area (Å²) in [5.74, 6) is 1.45. The molecule has 0 amide bonds. The Morgan fingerprint density at radius 1 is 1.36 bits per heavy atom. The van der Waals surface area contributed by atoms with Crippen molar-refractivity contribution in [1.82, 2.24) is 4.90 Å². The molecular weight excluding hydrogens is 174 g/mol. The molecule has 84 valence electrons. The van der Waals surface area contributed by atoms with Crippen molar-refractivity contribution in [2.45, 2.75) is 46.1 Å². The lowest BCUT2D eigenvalue weighted by Gasteiger charge is -2.42. The summed E-state index contributed by atoms with van der Waals surface area (Å²) in [5.41, 5.74) is 0. The minimum absolute atomic E-state index is 0.372. The van der Waals surface area contributed by atoms with Gasteiger partial charge in [0.2, 0.25) is 0 Å². The first-order chi connectivity index (χ1) is 6.67. The average molecular weight is 199 g/mol. The van der Waals surface area contributed by atoms with E-state index in [1.807, 2.05) is 0 Å². The van der Waals surface area contributed by atoms with Gasteiger partial charge in [-0.3, -0.25) is 0 Å². The van der Waals surface area contributed by atoms with E-state index in [-0.39, 0.29) is 0 Å². The Balaban J connectivity index is 2.05. The highest BCUT2D eigenvalue weighted by molar-refractivity contribution is 4.82. The number of rotatable bonds is 6. The molecule has 2 heteroatoms. The van der Waals surface area contributed by atoms with Crippen LogP contribution >= 0.6 is 0 Å². The van der Waals surface area contributed by atoms with Crippen LogP contribution in [0.2, 0.25) is 0 Å². The molecule has 1 aliphatic rings. The summed E-state index contributed by atoms with van der Waals surface area (Å²) in [6.07, 6.45) is 3.64. The second-order valence-electron chi connectivity index (χ2n) is 4.95. The standard InChI is InChI=1S/C12H25NO/c1-4-11(9-14)5-6-12-7-13(8-12)10(2)3/h10-12,14H,4-9H2,1-3H3. The van der Waals surface area contributed by atoms with E-state index in [9.17, 15) is 0 Å². The monoisotopic (exact) mass is 199 g/mol. The fourth-order valence-corrected chi connectivity index (χ4v) is 2.11. The highest BCUT2D eigenvalue weighted by Gasteiger charge is 2.28. The predicted molar refractivity (Wildman–Crippen MR) is 60.3 cm³/mol. The van der Waals surface area contributed by atoms with Crippen LogP contribution in [0.15, 0.2) is 0 Å². The minimum Gasteiger partial charge on any atom is -0.396 e. The highest BCUT2D eigenvalue weighted by Crippen LogP contribution is 2.25. The molecule has 14 heavy (non-hydrogen) atoms. The quantitative estimate of drug-likeness (QED) is 0.708. The third-order valence-electron chi connectivity index (χ3n) is 3.53. The fraction of sp³-hybridized carbons (Fsp3) is 1.00. The number of aliphatic hydroxyl groups excluding tert-OH is 1. The predicted octanol–water partition coefficient (Wildman–Crippen LogP) is 2.13. The van der Waals surface area contributed by atoms with Gasteiger partial charge in [0.1, 0.15) is 0 Å². The van der Waals surface area contributed by atoms with Crippen LogP contribution in [-0.2, 0) is 0 Å². The first-order valence-electron chi connectivity index (χ1n) is 6.02. The molecule has 0 aromatic heterocycles. The molecule has 1 unspecified atom stereocenters. The van der Waals surface area contributed by atoms with Gasteiger partial charge < -0.3 is 10.0 Å². The van der Waals surface area contributed by atoms with E-state index in [4.69, 9.17) is 5.11 Å². The summed E-state index contributed by atoms with van der Waals surface area (Å²) in [7, 11) is 0. The minimum atomic E-state index is 0.372. The van der Waals surface area contributed by atoms with Gasteiger partial charge in [0.15, 0.2) is 0 Å². The van der Waals surface area contributed by atoms with Crippen LogP contribution in [-0.4, -0.2) is 35.7 Å². The maximum atomic E-state index is 9.06. The molecule has 1 N–H and O–H groups in total. The lowest BCUT2D eigenvalue weighted by atomic mass is 9.89. The van der Waals surface area contributed by atoms with E-state index in [2.05, 4.69) is 25.7 Å². The Bertz CT molecular complexity index is 148. The molecule has 0 radical (unpaired) electrons. The topological polar surface area (TPSA) is 23.5 Å². The van der Waals surface area contributed by atoms with Gasteiger partial charge in [-0.25, -0.2) is 0 Å². The van der Waals surface area contributed by atoms with E-state index in [0.717, 1.165) is 12.3 Å². The van der Waals surface area contributed by atoms with Gasteiger partial charge in [0.05, 0.1) is 0 Å². The first kappa shape index (κ1) is 12.0. The van der Waals surface area contributed by atoms with Crippen LogP contribution in [0.25, 0.3) is 0 Å². The van der Waals surface area contributed by atoms with Crippen molar-refractivity contribution in [3.05, 3.63) is 0 Å². The summed E-state index contributed by atoms with van der Waals surface area (Å²) in [6, 6.07) is 0.714. The summed E-state index contributed by atoms with van der Waals surface area (Å²) in [6.45, 7) is 9.62. The zero-order valence-electron chi connectivity index (χ0n) is 9.87. The van der Waals surface area contributed by atoms with E-state index in [0.29, 0.717) is 18.6 Å². The van der Waals surface area contributed by atoms with Crippen molar-refractivity contribution >= 4 is 0 Å². The van der Waals surface area contributed by atoms with Crippen molar-refractivity contribution in [2.24, 2.45) is 11.8 Å². The van der Waals surface area contributed by atoms with Crippen molar-refractivity contribution in [3.8, 4) is 0 Å². The molecule has 1 fully saturated rings. The number of aliphatic hydroxyl groups is 1. The first-order valence-corrected chi connectivity index (χ1v) is 6.02. The molecule has 0 aromatic carbocycles. The van der Waals surface area contributed by atoms with Crippen LogP contribution in [0, 0.1) is 11.8 Å². The SMILES string of the molecule is CCC(CO)CCC1CN(C(C)C)C1. The number of hydrogen-bond acceptors (Lipinski definition) is 2. The lowest BCUT2D eigenvalue weighted by Crippen LogP contribution is -2.50. The third-order valence-corrected chi connectivity index (χ3v) is 3.53. The molecule has 1 heterocycles. The molecule has 0 spiro atoms. The van der Waals surface area contributed by atoms with Crippen molar-refractivity contribution in [1.29, 1.82) is 0 Å².